The van der Waals surface area contributed by atoms with E-state index in [-0.39, 0.29) is 23.0 Å². The molecule has 1 fully saturated rings. The van der Waals surface area contributed by atoms with E-state index < -0.39 is 27.8 Å². The number of benzene rings is 1. The zero-order valence-electron chi connectivity index (χ0n) is 11.3. The van der Waals surface area contributed by atoms with Crippen LogP contribution in [0.3, 0.4) is 0 Å². The molecular weight excluding hydrogens is 321 g/mol. The van der Waals surface area contributed by atoms with Crippen LogP contribution in [0, 0.1) is 5.82 Å². The number of carbonyl (C=O) groups excluding carboxylic acids is 1. The van der Waals surface area contributed by atoms with E-state index in [1.165, 1.54) is 7.05 Å². The third-order valence-electron chi connectivity index (χ3n) is 3.24. The molecule has 1 aromatic carbocycles. The summed E-state index contributed by atoms with van der Waals surface area (Å²) in [4.78, 5) is 11.7. The molecule has 0 aromatic heterocycles. The van der Waals surface area contributed by atoms with E-state index in [1.54, 1.807) is 0 Å². The van der Waals surface area contributed by atoms with Gasteiger partial charge in [0, 0.05) is 26.7 Å². The van der Waals surface area contributed by atoms with Gasteiger partial charge >= 0.3 is 0 Å². The molecule has 1 heterocycles. The van der Waals surface area contributed by atoms with Crippen LogP contribution in [0.25, 0.3) is 0 Å². The third-order valence-corrected chi connectivity index (χ3v) is 5.43. The molecule has 1 unspecified atom stereocenters. The van der Waals surface area contributed by atoms with Crippen molar-refractivity contribution >= 4 is 27.5 Å². The summed E-state index contributed by atoms with van der Waals surface area (Å²) in [5.74, 6) is -1.10. The topological polar surface area (TPSA) is 78.5 Å². The van der Waals surface area contributed by atoms with Gasteiger partial charge < -0.3 is 10.6 Å². The summed E-state index contributed by atoms with van der Waals surface area (Å²) in [6.45, 7) is 0.797. The molecule has 9 heteroatoms. The molecule has 1 aliphatic rings. The predicted octanol–water partition coefficient (Wildman–Crippen LogP) is 0.188. The lowest BCUT2D eigenvalue weighted by Gasteiger charge is -2.33. The van der Waals surface area contributed by atoms with E-state index in [9.17, 15) is 17.6 Å². The van der Waals surface area contributed by atoms with Crippen molar-refractivity contribution in [2.45, 2.75) is 10.9 Å². The van der Waals surface area contributed by atoms with Gasteiger partial charge in [-0.05, 0) is 18.2 Å². The lowest BCUT2D eigenvalue weighted by atomic mass is 10.2. The van der Waals surface area contributed by atoms with E-state index in [0.29, 0.717) is 6.54 Å². The largest absolute Gasteiger partial charge is 0.358 e. The van der Waals surface area contributed by atoms with Crippen molar-refractivity contribution in [1.82, 2.24) is 14.9 Å². The van der Waals surface area contributed by atoms with E-state index >= 15 is 0 Å². The Morgan fingerprint density at radius 3 is 2.86 bits per heavy atom. The average molecular weight is 336 g/mol. The van der Waals surface area contributed by atoms with Crippen molar-refractivity contribution in [3.8, 4) is 0 Å². The van der Waals surface area contributed by atoms with E-state index in [1.807, 2.05) is 0 Å². The SMILES string of the molecule is CNC(=O)C1CNCCN1S(=O)(=O)c1ccc(F)c(Cl)c1. The second-order valence-electron chi connectivity index (χ2n) is 4.53. The Bertz CT molecular complexity index is 653. The lowest BCUT2D eigenvalue weighted by molar-refractivity contribution is -0.124. The highest BCUT2D eigenvalue weighted by atomic mass is 35.5. The van der Waals surface area contributed by atoms with Crippen LogP contribution in [0.4, 0.5) is 4.39 Å². The second kappa shape index (κ2) is 6.27. The number of nitrogens with zero attached hydrogens (tertiary/aromatic N) is 1. The minimum Gasteiger partial charge on any atom is -0.358 e. The van der Waals surface area contributed by atoms with E-state index in [2.05, 4.69) is 10.6 Å². The van der Waals surface area contributed by atoms with E-state index in [0.717, 1.165) is 22.5 Å². The Hall–Kier alpha value is -1.22. The van der Waals surface area contributed by atoms with Crippen molar-refractivity contribution < 1.29 is 17.6 Å². The molecule has 1 amide bonds. The number of halogens is 2. The van der Waals surface area contributed by atoms with Crippen molar-refractivity contribution in [2.75, 3.05) is 26.7 Å². The molecule has 2 N–H and O–H groups in total. The monoisotopic (exact) mass is 335 g/mol. The molecular formula is C12H15ClFN3O3S. The number of hydrogen-bond donors (Lipinski definition) is 2. The molecule has 0 spiro atoms. The number of carbonyl (C=O) groups is 1. The van der Waals surface area contributed by atoms with Crippen molar-refractivity contribution in [2.24, 2.45) is 0 Å². The summed E-state index contributed by atoms with van der Waals surface area (Å²) >= 11 is 5.64. The van der Waals surface area contributed by atoms with Gasteiger partial charge in [-0.15, -0.1) is 0 Å². The van der Waals surface area contributed by atoms with Crippen LogP contribution in [0.15, 0.2) is 23.1 Å². The molecule has 0 saturated carbocycles. The van der Waals surface area contributed by atoms with Crippen LogP contribution in [-0.4, -0.2) is 51.4 Å². The maximum atomic E-state index is 13.2. The molecule has 0 radical (unpaired) electrons. The van der Waals surface area contributed by atoms with Crippen molar-refractivity contribution in [3.05, 3.63) is 29.0 Å². The maximum Gasteiger partial charge on any atom is 0.243 e. The molecule has 1 aliphatic heterocycles. The molecule has 21 heavy (non-hydrogen) atoms. The summed E-state index contributed by atoms with van der Waals surface area (Å²) in [5.41, 5.74) is 0. The lowest BCUT2D eigenvalue weighted by Crippen LogP contribution is -2.59. The standard InChI is InChI=1S/C12H15ClFN3O3S/c1-15-12(18)11-7-16-4-5-17(11)21(19,20)8-2-3-10(14)9(13)6-8/h2-3,6,11,16H,4-5,7H2,1H3,(H,15,18). The first-order chi connectivity index (χ1) is 9.87. The number of hydrogen-bond acceptors (Lipinski definition) is 4. The minimum atomic E-state index is -3.92. The second-order valence-corrected chi connectivity index (χ2v) is 6.82. The van der Waals surface area contributed by atoms with Crippen LogP contribution in [0.2, 0.25) is 5.02 Å². The van der Waals surface area contributed by atoms with Gasteiger partial charge in [-0.3, -0.25) is 4.79 Å². The molecule has 0 aliphatic carbocycles. The van der Waals surface area contributed by atoms with Gasteiger partial charge in [0.25, 0.3) is 0 Å². The maximum absolute atomic E-state index is 13.2. The summed E-state index contributed by atoms with van der Waals surface area (Å²) in [6.07, 6.45) is 0. The number of rotatable bonds is 3. The Morgan fingerprint density at radius 1 is 1.52 bits per heavy atom. The molecule has 1 saturated heterocycles. The normalized spacial score (nSPS) is 20.2. The first-order valence-corrected chi connectivity index (χ1v) is 8.09. The number of amides is 1. The van der Waals surface area contributed by atoms with Gasteiger partial charge in [0.1, 0.15) is 11.9 Å². The quantitative estimate of drug-likeness (QED) is 0.826. The smallest absolute Gasteiger partial charge is 0.243 e. The van der Waals surface area contributed by atoms with Crippen LogP contribution in [-0.2, 0) is 14.8 Å². The fourth-order valence-electron chi connectivity index (χ4n) is 2.14. The summed E-state index contributed by atoms with van der Waals surface area (Å²) < 4.78 is 39.5. The first-order valence-electron chi connectivity index (χ1n) is 6.27. The molecule has 2 rings (SSSR count). The van der Waals surface area contributed by atoms with Crippen LogP contribution >= 0.6 is 11.6 Å². The highest BCUT2D eigenvalue weighted by Gasteiger charge is 2.37. The zero-order valence-corrected chi connectivity index (χ0v) is 12.8. The Balaban J connectivity index is 2.40. The Labute approximate surface area is 127 Å². The van der Waals surface area contributed by atoms with Crippen LogP contribution in [0.1, 0.15) is 0 Å². The van der Waals surface area contributed by atoms with Crippen molar-refractivity contribution in [1.29, 1.82) is 0 Å². The van der Waals surface area contributed by atoms with Gasteiger partial charge in [-0.25, -0.2) is 12.8 Å². The molecule has 6 nitrogen and oxygen atoms in total. The molecule has 116 valence electrons. The highest BCUT2D eigenvalue weighted by Crippen LogP contribution is 2.24. The van der Waals surface area contributed by atoms with Gasteiger partial charge in [0.15, 0.2) is 0 Å². The molecule has 0 bridgehead atoms. The van der Waals surface area contributed by atoms with Gasteiger partial charge in [0.2, 0.25) is 15.9 Å². The summed E-state index contributed by atoms with van der Waals surface area (Å²) in [7, 11) is -2.48. The predicted molar refractivity (Wildman–Crippen MR) is 76.0 cm³/mol. The van der Waals surface area contributed by atoms with Crippen molar-refractivity contribution in [3.63, 3.8) is 0 Å². The van der Waals surface area contributed by atoms with Gasteiger partial charge in [-0.1, -0.05) is 11.6 Å². The third kappa shape index (κ3) is 3.18. The average Bonchev–Trinajstić information content (AvgIpc) is 2.49. The van der Waals surface area contributed by atoms with Crippen LogP contribution in [0.5, 0.6) is 0 Å². The molecule has 1 atom stereocenters. The molecule has 1 aromatic rings. The summed E-state index contributed by atoms with van der Waals surface area (Å²) in [6, 6.07) is 2.33. The van der Waals surface area contributed by atoms with Gasteiger partial charge in [0.05, 0.1) is 9.92 Å². The minimum absolute atomic E-state index is 0.135. The fourth-order valence-corrected chi connectivity index (χ4v) is 4.00. The highest BCUT2D eigenvalue weighted by molar-refractivity contribution is 7.89. The van der Waals surface area contributed by atoms with E-state index in [4.69, 9.17) is 11.6 Å². The van der Waals surface area contributed by atoms with Crippen LogP contribution < -0.4 is 10.6 Å². The number of piperazine rings is 1. The first kappa shape index (κ1) is 16.2. The zero-order chi connectivity index (χ0) is 15.6. The fraction of sp³-hybridized carbons (Fsp3) is 0.417. The number of likely N-dealkylation sites (N-methyl/N-ethyl adjacent to an activating group) is 1. The number of sulfonamides is 1. The Morgan fingerprint density at radius 2 is 2.24 bits per heavy atom. The number of nitrogens with one attached hydrogen (secondary N) is 2. The Kier molecular flexibility index (Phi) is 4.82. The van der Waals surface area contributed by atoms with Gasteiger partial charge in [-0.2, -0.15) is 4.31 Å². The summed E-state index contributed by atoms with van der Waals surface area (Å²) in [5, 5.41) is 5.13.